The molecule has 0 radical (unpaired) electrons. The lowest BCUT2D eigenvalue weighted by Crippen LogP contribution is -2.29. The number of aliphatic hydroxyl groups is 1. The van der Waals surface area contributed by atoms with Crippen molar-refractivity contribution in [3.05, 3.63) is 30.3 Å². The molecule has 0 aliphatic heterocycles. The molecule has 1 aromatic heterocycles. The minimum Gasteiger partial charge on any atom is -0.392 e. The number of aliphatic hydroxyl groups excluding tert-OH is 1. The molecule has 90 valence electrons. The topological polar surface area (TPSA) is 67.1 Å². The number of hydrogen-bond acceptors (Lipinski definition) is 5. The van der Waals surface area contributed by atoms with E-state index in [1.807, 2.05) is 42.3 Å². The van der Waals surface area contributed by atoms with E-state index in [2.05, 4.69) is 15.5 Å². The highest BCUT2D eigenvalue weighted by molar-refractivity contribution is 5.39. The van der Waals surface area contributed by atoms with Crippen LogP contribution in [0.3, 0.4) is 0 Å². The molecule has 1 N–H and O–H groups in total. The maximum atomic E-state index is 9.36. The highest BCUT2D eigenvalue weighted by Crippen LogP contribution is 2.13. The lowest BCUT2D eigenvalue weighted by molar-refractivity contribution is 0.201. The zero-order chi connectivity index (χ0) is 12.3. The molecule has 1 unspecified atom stereocenters. The summed E-state index contributed by atoms with van der Waals surface area (Å²) in [5.41, 5.74) is 0.893. The SMILES string of the molecule is CC(O)CN(C)c1nnnn1-c1ccccc1. The Morgan fingerprint density at radius 2 is 2.06 bits per heavy atom. The quantitative estimate of drug-likeness (QED) is 0.832. The van der Waals surface area contributed by atoms with Gasteiger partial charge in [0.25, 0.3) is 0 Å². The van der Waals surface area contributed by atoms with Crippen molar-refractivity contribution in [1.29, 1.82) is 0 Å². The average Bonchev–Trinajstić information content (AvgIpc) is 2.78. The molecular weight excluding hydrogens is 218 g/mol. The van der Waals surface area contributed by atoms with Gasteiger partial charge in [-0.2, -0.15) is 4.68 Å². The van der Waals surface area contributed by atoms with Gasteiger partial charge in [0.1, 0.15) is 0 Å². The number of benzene rings is 1. The van der Waals surface area contributed by atoms with Crippen LogP contribution >= 0.6 is 0 Å². The van der Waals surface area contributed by atoms with Gasteiger partial charge in [-0.3, -0.25) is 0 Å². The molecule has 6 nitrogen and oxygen atoms in total. The zero-order valence-corrected chi connectivity index (χ0v) is 9.85. The number of likely N-dealkylation sites (N-methyl/N-ethyl adjacent to an activating group) is 1. The van der Waals surface area contributed by atoms with Gasteiger partial charge in [-0.1, -0.05) is 23.3 Å². The second-order valence-electron chi connectivity index (χ2n) is 3.96. The molecule has 0 bridgehead atoms. The Balaban J connectivity index is 2.29. The lowest BCUT2D eigenvalue weighted by atomic mass is 10.3. The molecule has 2 rings (SSSR count). The van der Waals surface area contributed by atoms with Crippen molar-refractivity contribution in [3.63, 3.8) is 0 Å². The molecule has 0 saturated carbocycles. The predicted octanol–water partition coefficient (Wildman–Crippen LogP) is 0.479. The largest absolute Gasteiger partial charge is 0.392 e. The van der Waals surface area contributed by atoms with E-state index in [1.54, 1.807) is 11.6 Å². The van der Waals surface area contributed by atoms with E-state index < -0.39 is 6.10 Å². The molecule has 0 fully saturated rings. The van der Waals surface area contributed by atoms with E-state index in [9.17, 15) is 5.11 Å². The number of tetrazole rings is 1. The lowest BCUT2D eigenvalue weighted by Gasteiger charge is -2.18. The summed E-state index contributed by atoms with van der Waals surface area (Å²) in [4.78, 5) is 1.82. The number of rotatable bonds is 4. The third kappa shape index (κ3) is 2.59. The van der Waals surface area contributed by atoms with Crippen LogP contribution in [0.25, 0.3) is 5.69 Å². The van der Waals surface area contributed by atoms with Crippen molar-refractivity contribution in [1.82, 2.24) is 20.2 Å². The third-order valence-corrected chi connectivity index (χ3v) is 2.33. The maximum Gasteiger partial charge on any atom is 0.250 e. The van der Waals surface area contributed by atoms with Gasteiger partial charge in [0.2, 0.25) is 5.95 Å². The van der Waals surface area contributed by atoms with Gasteiger partial charge >= 0.3 is 0 Å². The average molecular weight is 233 g/mol. The number of nitrogens with zero attached hydrogens (tertiary/aromatic N) is 5. The molecule has 1 atom stereocenters. The summed E-state index contributed by atoms with van der Waals surface area (Å²) in [5.74, 6) is 0.608. The number of hydrogen-bond donors (Lipinski definition) is 1. The number of aromatic nitrogens is 4. The standard InChI is InChI=1S/C11H15N5O/c1-9(17)8-15(2)11-12-13-14-16(11)10-6-4-3-5-7-10/h3-7,9,17H,8H2,1-2H3. The van der Waals surface area contributed by atoms with Crippen molar-refractivity contribution in [2.45, 2.75) is 13.0 Å². The first kappa shape index (κ1) is 11.5. The highest BCUT2D eigenvalue weighted by Gasteiger charge is 2.13. The van der Waals surface area contributed by atoms with Gasteiger partial charge in [-0.05, 0) is 29.5 Å². The van der Waals surface area contributed by atoms with Gasteiger partial charge in [0.15, 0.2) is 0 Å². The molecule has 0 spiro atoms. The summed E-state index contributed by atoms with van der Waals surface area (Å²) in [7, 11) is 1.85. The zero-order valence-electron chi connectivity index (χ0n) is 9.85. The smallest absolute Gasteiger partial charge is 0.250 e. The molecule has 6 heteroatoms. The van der Waals surface area contributed by atoms with Gasteiger partial charge in [-0.25, -0.2) is 0 Å². The molecular formula is C11H15N5O. The molecule has 0 amide bonds. The van der Waals surface area contributed by atoms with Crippen LogP contribution in [-0.2, 0) is 0 Å². The van der Waals surface area contributed by atoms with Crippen LogP contribution in [0.1, 0.15) is 6.92 Å². The van der Waals surface area contributed by atoms with Crippen molar-refractivity contribution in [3.8, 4) is 5.69 Å². The summed E-state index contributed by atoms with van der Waals surface area (Å²) in [5, 5.41) is 20.9. The first-order chi connectivity index (χ1) is 8.18. The van der Waals surface area contributed by atoms with Crippen LogP contribution in [0.4, 0.5) is 5.95 Å². The van der Waals surface area contributed by atoms with E-state index in [-0.39, 0.29) is 0 Å². The fourth-order valence-corrected chi connectivity index (χ4v) is 1.63. The highest BCUT2D eigenvalue weighted by atomic mass is 16.3. The second-order valence-corrected chi connectivity index (χ2v) is 3.96. The molecule has 1 heterocycles. The fraction of sp³-hybridized carbons (Fsp3) is 0.364. The third-order valence-electron chi connectivity index (χ3n) is 2.33. The Hall–Kier alpha value is -1.95. The van der Waals surface area contributed by atoms with Crippen LogP contribution in [-0.4, -0.2) is 45.0 Å². The Kier molecular flexibility index (Phi) is 3.34. The summed E-state index contributed by atoms with van der Waals surface area (Å²) >= 11 is 0. The van der Waals surface area contributed by atoms with Crippen molar-refractivity contribution in [2.75, 3.05) is 18.5 Å². The first-order valence-corrected chi connectivity index (χ1v) is 5.41. The molecule has 0 aliphatic rings. The Bertz CT molecular complexity index is 468. The number of para-hydroxylation sites is 1. The predicted molar refractivity (Wildman–Crippen MR) is 64.1 cm³/mol. The Morgan fingerprint density at radius 3 is 2.71 bits per heavy atom. The summed E-state index contributed by atoms with van der Waals surface area (Å²) in [6.45, 7) is 2.21. The number of anilines is 1. The summed E-state index contributed by atoms with van der Waals surface area (Å²) in [6, 6.07) is 9.64. The van der Waals surface area contributed by atoms with Gasteiger partial charge in [0, 0.05) is 13.6 Å². The van der Waals surface area contributed by atoms with Crippen LogP contribution in [0, 0.1) is 0 Å². The summed E-state index contributed by atoms with van der Waals surface area (Å²) < 4.78 is 1.64. The van der Waals surface area contributed by atoms with E-state index in [4.69, 9.17) is 0 Å². The molecule has 0 saturated heterocycles. The van der Waals surface area contributed by atoms with E-state index in [0.29, 0.717) is 12.5 Å². The van der Waals surface area contributed by atoms with Gasteiger partial charge in [-0.15, -0.1) is 0 Å². The van der Waals surface area contributed by atoms with Crippen molar-refractivity contribution < 1.29 is 5.11 Å². The second kappa shape index (κ2) is 4.92. The fourth-order valence-electron chi connectivity index (χ4n) is 1.63. The van der Waals surface area contributed by atoms with Gasteiger partial charge < -0.3 is 10.0 Å². The Labute approximate surface area is 99.5 Å². The summed E-state index contributed by atoms with van der Waals surface area (Å²) in [6.07, 6.45) is -0.430. The maximum absolute atomic E-state index is 9.36. The van der Waals surface area contributed by atoms with Crippen LogP contribution in [0.5, 0.6) is 0 Å². The first-order valence-electron chi connectivity index (χ1n) is 5.41. The molecule has 2 aromatic rings. The van der Waals surface area contributed by atoms with E-state index in [1.165, 1.54) is 0 Å². The molecule has 0 aliphatic carbocycles. The molecule has 17 heavy (non-hydrogen) atoms. The normalized spacial score (nSPS) is 12.4. The van der Waals surface area contributed by atoms with Crippen LogP contribution < -0.4 is 4.90 Å². The van der Waals surface area contributed by atoms with Gasteiger partial charge in [0.05, 0.1) is 11.8 Å². The van der Waals surface area contributed by atoms with E-state index in [0.717, 1.165) is 5.69 Å². The van der Waals surface area contributed by atoms with Crippen molar-refractivity contribution >= 4 is 5.95 Å². The van der Waals surface area contributed by atoms with Crippen LogP contribution in [0.2, 0.25) is 0 Å². The van der Waals surface area contributed by atoms with E-state index >= 15 is 0 Å². The monoisotopic (exact) mass is 233 g/mol. The molecule has 1 aromatic carbocycles. The minimum absolute atomic E-state index is 0.430. The van der Waals surface area contributed by atoms with Crippen molar-refractivity contribution in [2.24, 2.45) is 0 Å². The van der Waals surface area contributed by atoms with Crippen LogP contribution in [0.15, 0.2) is 30.3 Å². The Morgan fingerprint density at radius 1 is 1.35 bits per heavy atom. The minimum atomic E-state index is -0.430.